The van der Waals surface area contributed by atoms with Gasteiger partial charge >= 0.3 is 11.8 Å². The number of nitrogens with zero attached hydrogens (tertiary/aromatic N) is 4. The summed E-state index contributed by atoms with van der Waals surface area (Å²) in [5, 5.41) is 9.22. The molecule has 0 aromatic carbocycles. The van der Waals surface area contributed by atoms with Crippen LogP contribution in [-0.4, -0.2) is 57.5 Å². The molecule has 1 aromatic heterocycles. The Labute approximate surface area is 153 Å². The molecule has 1 saturated carbocycles. The van der Waals surface area contributed by atoms with E-state index in [1.807, 2.05) is 0 Å². The Kier molecular flexibility index (Phi) is 6.70. The normalized spacial score (nSPS) is 19.9. The number of nitrogens with one attached hydrogen (secondary N) is 2. The van der Waals surface area contributed by atoms with Crippen LogP contribution in [0, 0.1) is 11.8 Å². The fourth-order valence-corrected chi connectivity index (χ4v) is 3.24. The van der Waals surface area contributed by atoms with Gasteiger partial charge in [-0.1, -0.05) is 26.7 Å². The average molecular weight is 364 g/mol. The Bertz CT molecular complexity index is 655. The van der Waals surface area contributed by atoms with Crippen LogP contribution in [0.3, 0.4) is 0 Å². The largest absolute Gasteiger partial charge is 0.347 e. The minimum atomic E-state index is -0.797. The second-order valence-corrected chi connectivity index (χ2v) is 7.28. The van der Waals surface area contributed by atoms with Crippen LogP contribution in [0.5, 0.6) is 0 Å². The zero-order valence-corrected chi connectivity index (χ0v) is 15.9. The molecule has 2 rings (SSSR count). The van der Waals surface area contributed by atoms with Gasteiger partial charge in [-0.05, 0) is 24.7 Å². The molecule has 1 aliphatic rings. The topological polar surface area (TPSA) is 109 Å². The van der Waals surface area contributed by atoms with Crippen molar-refractivity contribution >= 4 is 23.7 Å². The number of rotatable bonds is 5. The van der Waals surface area contributed by atoms with Crippen LogP contribution in [0.2, 0.25) is 0 Å². The highest BCUT2D eigenvalue weighted by atomic mass is 16.2. The SMILES string of the molecule is CC(C)[C@@H]1CCCC[C@H]1NC(=O)C(=O)Nc1ncn(CC(=O)N(C)C)n1. The summed E-state index contributed by atoms with van der Waals surface area (Å²) in [5.41, 5.74) is 0. The fourth-order valence-electron chi connectivity index (χ4n) is 3.24. The average Bonchev–Trinajstić information content (AvgIpc) is 3.01. The lowest BCUT2D eigenvalue weighted by molar-refractivity contribution is -0.137. The number of hydrogen-bond acceptors (Lipinski definition) is 5. The molecule has 9 nitrogen and oxygen atoms in total. The van der Waals surface area contributed by atoms with Crippen LogP contribution in [-0.2, 0) is 20.9 Å². The lowest BCUT2D eigenvalue weighted by Gasteiger charge is -2.34. The lowest BCUT2D eigenvalue weighted by atomic mass is 9.78. The number of carbonyl (C=O) groups excluding carboxylic acids is 3. The number of likely N-dealkylation sites (N-methyl/N-ethyl adjacent to an activating group) is 1. The van der Waals surface area contributed by atoms with E-state index in [0.717, 1.165) is 25.7 Å². The van der Waals surface area contributed by atoms with E-state index in [0.29, 0.717) is 11.8 Å². The number of anilines is 1. The second kappa shape index (κ2) is 8.77. The molecule has 0 saturated heterocycles. The maximum absolute atomic E-state index is 12.2. The van der Waals surface area contributed by atoms with Gasteiger partial charge < -0.3 is 10.2 Å². The first-order valence-corrected chi connectivity index (χ1v) is 8.99. The third kappa shape index (κ3) is 5.27. The van der Waals surface area contributed by atoms with Gasteiger partial charge in [0.25, 0.3) is 0 Å². The van der Waals surface area contributed by atoms with Gasteiger partial charge in [0.1, 0.15) is 12.9 Å². The van der Waals surface area contributed by atoms with Crippen molar-refractivity contribution in [2.75, 3.05) is 19.4 Å². The van der Waals surface area contributed by atoms with E-state index in [1.165, 1.54) is 15.9 Å². The molecule has 0 radical (unpaired) electrons. The standard InChI is InChI=1S/C17H28N6O3/c1-11(2)12-7-5-6-8-13(12)19-15(25)16(26)20-17-18-10-23(21-17)9-14(24)22(3)4/h10-13H,5-9H2,1-4H3,(H,19,25)(H,20,21,26)/t12-,13+/m0/s1. The Hall–Kier alpha value is -2.45. The molecule has 3 amide bonds. The van der Waals surface area contributed by atoms with Gasteiger partial charge in [-0.3, -0.25) is 19.7 Å². The first-order valence-electron chi connectivity index (χ1n) is 8.99. The maximum Gasteiger partial charge on any atom is 0.316 e. The fraction of sp³-hybridized carbons (Fsp3) is 0.706. The summed E-state index contributed by atoms with van der Waals surface area (Å²) in [7, 11) is 3.28. The van der Waals surface area contributed by atoms with Crippen LogP contribution in [0.1, 0.15) is 39.5 Å². The zero-order valence-electron chi connectivity index (χ0n) is 15.9. The monoisotopic (exact) mass is 364 g/mol. The number of amides is 3. The quantitative estimate of drug-likeness (QED) is 0.745. The van der Waals surface area contributed by atoms with Crippen molar-refractivity contribution in [2.24, 2.45) is 11.8 Å². The molecular formula is C17H28N6O3. The van der Waals surface area contributed by atoms with E-state index in [4.69, 9.17) is 0 Å². The van der Waals surface area contributed by atoms with Gasteiger partial charge in [-0.25, -0.2) is 9.67 Å². The first-order chi connectivity index (χ1) is 12.3. The van der Waals surface area contributed by atoms with Crippen molar-refractivity contribution in [1.29, 1.82) is 0 Å². The molecule has 9 heteroatoms. The molecular weight excluding hydrogens is 336 g/mol. The van der Waals surface area contributed by atoms with E-state index >= 15 is 0 Å². The molecule has 1 aliphatic carbocycles. The predicted molar refractivity (Wildman–Crippen MR) is 96.1 cm³/mol. The molecule has 0 unspecified atom stereocenters. The zero-order chi connectivity index (χ0) is 19.3. The summed E-state index contributed by atoms with van der Waals surface area (Å²) in [6, 6.07) is 0.0187. The predicted octanol–water partition coefficient (Wildman–Crippen LogP) is 0.636. The molecule has 2 atom stereocenters. The van der Waals surface area contributed by atoms with Gasteiger partial charge in [-0.2, -0.15) is 0 Å². The molecule has 0 bridgehead atoms. The Morgan fingerprint density at radius 2 is 1.92 bits per heavy atom. The smallest absolute Gasteiger partial charge is 0.316 e. The number of aromatic nitrogens is 3. The Morgan fingerprint density at radius 1 is 1.23 bits per heavy atom. The van der Waals surface area contributed by atoms with Gasteiger partial charge in [0.05, 0.1) is 0 Å². The van der Waals surface area contributed by atoms with Crippen LogP contribution in [0.25, 0.3) is 0 Å². The highest BCUT2D eigenvalue weighted by molar-refractivity contribution is 6.39. The molecule has 2 N–H and O–H groups in total. The van der Waals surface area contributed by atoms with Crippen molar-refractivity contribution in [3.05, 3.63) is 6.33 Å². The number of hydrogen-bond donors (Lipinski definition) is 2. The van der Waals surface area contributed by atoms with Gasteiger partial charge in [0.15, 0.2) is 0 Å². The second-order valence-electron chi connectivity index (χ2n) is 7.28. The van der Waals surface area contributed by atoms with Crippen molar-refractivity contribution < 1.29 is 14.4 Å². The summed E-state index contributed by atoms with van der Waals surface area (Å²) in [5.74, 6) is -0.786. The molecule has 144 valence electrons. The van der Waals surface area contributed by atoms with Crippen molar-refractivity contribution in [3.63, 3.8) is 0 Å². The van der Waals surface area contributed by atoms with Gasteiger partial charge in [-0.15, -0.1) is 5.10 Å². The highest BCUT2D eigenvalue weighted by Gasteiger charge is 2.30. The summed E-state index contributed by atoms with van der Waals surface area (Å²) in [6.07, 6.45) is 5.51. The van der Waals surface area contributed by atoms with E-state index in [2.05, 4.69) is 34.6 Å². The Balaban J connectivity index is 1.90. The molecule has 0 spiro atoms. The van der Waals surface area contributed by atoms with Crippen molar-refractivity contribution in [1.82, 2.24) is 25.0 Å². The van der Waals surface area contributed by atoms with Gasteiger partial charge in [0, 0.05) is 20.1 Å². The Morgan fingerprint density at radius 3 is 2.58 bits per heavy atom. The molecule has 0 aliphatic heterocycles. The first kappa shape index (κ1) is 19.9. The third-order valence-corrected chi connectivity index (χ3v) is 4.76. The highest BCUT2D eigenvalue weighted by Crippen LogP contribution is 2.30. The summed E-state index contributed by atoms with van der Waals surface area (Å²) < 4.78 is 1.31. The maximum atomic E-state index is 12.2. The van der Waals surface area contributed by atoms with Crippen LogP contribution < -0.4 is 10.6 Å². The van der Waals surface area contributed by atoms with E-state index in [-0.39, 0.29) is 24.4 Å². The molecule has 1 heterocycles. The summed E-state index contributed by atoms with van der Waals surface area (Å²) in [4.78, 5) is 41.3. The lowest BCUT2D eigenvalue weighted by Crippen LogP contribution is -2.47. The van der Waals surface area contributed by atoms with Gasteiger partial charge in [0.2, 0.25) is 11.9 Å². The van der Waals surface area contributed by atoms with Crippen LogP contribution in [0.4, 0.5) is 5.95 Å². The van der Waals surface area contributed by atoms with E-state index in [1.54, 1.807) is 14.1 Å². The van der Waals surface area contributed by atoms with Crippen LogP contribution >= 0.6 is 0 Å². The molecule has 1 fully saturated rings. The minimum absolute atomic E-state index is 0.000704. The summed E-state index contributed by atoms with van der Waals surface area (Å²) >= 11 is 0. The molecule has 26 heavy (non-hydrogen) atoms. The van der Waals surface area contributed by atoms with Crippen molar-refractivity contribution in [3.8, 4) is 0 Å². The summed E-state index contributed by atoms with van der Waals surface area (Å²) in [6.45, 7) is 4.29. The third-order valence-electron chi connectivity index (χ3n) is 4.76. The van der Waals surface area contributed by atoms with Crippen molar-refractivity contribution in [2.45, 2.75) is 52.1 Å². The minimum Gasteiger partial charge on any atom is -0.347 e. The van der Waals surface area contributed by atoms with E-state index in [9.17, 15) is 14.4 Å². The van der Waals surface area contributed by atoms with E-state index < -0.39 is 11.8 Å². The van der Waals surface area contributed by atoms with Crippen LogP contribution in [0.15, 0.2) is 6.33 Å². The molecule has 1 aromatic rings. The number of carbonyl (C=O) groups is 3.